The number of carboxylic acid groups (broad SMARTS) is 1. The summed E-state index contributed by atoms with van der Waals surface area (Å²) in [6.07, 6.45) is 0.792. The van der Waals surface area contributed by atoms with Gasteiger partial charge in [0.1, 0.15) is 5.69 Å². The highest BCUT2D eigenvalue weighted by Crippen LogP contribution is 2.38. The van der Waals surface area contributed by atoms with Gasteiger partial charge in [-0.1, -0.05) is 19.3 Å². The van der Waals surface area contributed by atoms with E-state index in [9.17, 15) is 18.0 Å². The largest absolute Gasteiger partial charge is 0.478 e. The fourth-order valence-electron chi connectivity index (χ4n) is 2.58. The molecule has 18 heavy (non-hydrogen) atoms. The third-order valence-corrected chi connectivity index (χ3v) is 3.38. The van der Waals surface area contributed by atoms with Crippen LogP contribution in [0.3, 0.4) is 0 Å². The Morgan fingerprint density at radius 1 is 1.28 bits per heavy atom. The molecule has 1 saturated carbocycles. The Bertz CT molecular complexity index is 445. The van der Waals surface area contributed by atoms with Crippen molar-refractivity contribution in [1.29, 1.82) is 0 Å². The maximum Gasteiger partial charge on any atom is 0.432 e. The van der Waals surface area contributed by atoms with E-state index in [-0.39, 0.29) is 6.04 Å². The Morgan fingerprint density at radius 3 is 2.39 bits per heavy atom. The van der Waals surface area contributed by atoms with Gasteiger partial charge in [-0.25, -0.2) is 4.79 Å². The minimum Gasteiger partial charge on any atom is -0.478 e. The van der Waals surface area contributed by atoms with E-state index in [0.29, 0.717) is 12.8 Å². The van der Waals surface area contributed by atoms with E-state index in [1.54, 1.807) is 0 Å². The predicted molar refractivity (Wildman–Crippen MR) is 58.5 cm³/mol. The van der Waals surface area contributed by atoms with Gasteiger partial charge >= 0.3 is 12.1 Å². The van der Waals surface area contributed by atoms with Crippen molar-refractivity contribution in [3.63, 3.8) is 0 Å². The second kappa shape index (κ2) is 4.66. The molecule has 0 saturated heterocycles. The number of rotatable bonds is 2. The highest BCUT2D eigenvalue weighted by Gasteiger charge is 2.40. The Morgan fingerprint density at radius 2 is 1.89 bits per heavy atom. The van der Waals surface area contributed by atoms with Gasteiger partial charge in [0.25, 0.3) is 0 Å². The van der Waals surface area contributed by atoms with Crippen LogP contribution < -0.4 is 0 Å². The van der Waals surface area contributed by atoms with Gasteiger partial charge in [-0.15, -0.1) is 0 Å². The zero-order valence-electron chi connectivity index (χ0n) is 9.70. The zero-order valence-corrected chi connectivity index (χ0v) is 9.70. The van der Waals surface area contributed by atoms with Crippen LogP contribution in [0.15, 0.2) is 12.3 Å². The Kier molecular flexibility index (Phi) is 3.36. The molecule has 6 heteroatoms. The van der Waals surface area contributed by atoms with Gasteiger partial charge in [-0.05, 0) is 18.9 Å². The zero-order chi connectivity index (χ0) is 13.3. The molecule has 1 aromatic rings. The molecule has 2 rings (SSSR count). The first-order chi connectivity index (χ1) is 8.41. The summed E-state index contributed by atoms with van der Waals surface area (Å²) < 4.78 is 40.0. The molecule has 3 nitrogen and oxygen atoms in total. The average molecular weight is 261 g/mol. The molecule has 0 aromatic carbocycles. The molecule has 0 bridgehead atoms. The first kappa shape index (κ1) is 13.0. The van der Waals surface area contributed by atoms with Gasteiger partial charge in [0.2, 0.25) is 0 Å². The fourth-order valence-corrected chi connectivity index (χ4v) is 2.58. The van der Waals surface area contributed by atoms with Crippen LogP contribution in [-0.2, 0) is 6.18 Å². The standard InChI is InChI=1S/C12H14F3NO2/c13-12(14,15)10-9(11(17)18)6-7-16(10)8-4-2-1-3-5-8/h6-8H,1-5H2,(H,17,18). The molecule has 0 unspecified atom stereocenters. The number of hydrogen-bond donors (Lipinski definition) is 1. The van der Waals surface area contributed by atoms with Crippen molar-refractivity contribution in [3.8, 4) is 0 Å². The number of carboxylic acids is 1. The number of alkyl halides is 3. The topological polar surface area (TPSA) is 42.2 Å². The number of hydrogen-bond acceptors (Lipinski definition) is 1. The van der Waals surface area contributed by atoms with E-state index >= 15 is 0 Å². The molecule has 0 aliphatic heterocycles. The minimum atomic E-state index is -4.63. The van der Waals surface area contributed by atoms with Crippen molar-refractivity contribution in [3.05, 3.63) is 23.5 Å². The molecule has 1 aromatic heterocycles. The van der Waals surface area contributed by atoms with Crippen LogP contribution in [0.5, 0.6) is 0 Å². The van der Waals surface area contributed by atoms with Crippen molar-refractivity contribution in [1.82, 2.24) is 4.57 Å². The second-order valence-corrected chi connectivity index (χ2v) is 4.58. The SMILES string of the molecule is O=C(O)c1ccn(C2CCCCC2)c1C(F)(F)F. The lowest BCUT2D eigenvalue weighted by molar-refractivity contribution is -0.144. The summed E-state index contributed by atoms with van der Waals surface area (Å²) in [5, 5.41) is 8.83. The average Bonchev–Trinajstić information content (AvgIpc) is 2.74. The fraction of sp³-hybridized carbons (Fsp3) is 0.583. The van der Waals surface area contributed by atoms with Crippen LogP contribution in [-0.4, -0.2) is 15.6 Å². The first-order valence-corrected chi connectivity index (χ1v) is 5.92. The summed E-state index contributed by atoms with van der Waals surface area (Å²) in [6.45, 7) is 0. The lowest BCUT2D eigenvalue weighted by Crippen LogP contribution is -2.22. The Hall–Kier alpha value is -1.46. The summed E-state index contributed by atoms with van der Waals surface area (Å²) in [6, 6.07) is 0.809. The van der Waals surface area contributed by atoms with E-state index in [4.69, 9.17) is 5.11 Å². The van der Waals surface area contributed by atoms with Crippen molar-refractivity contribution in [2.75, 3.05) is 0 Å². The summed E-state index contributed by atoms with van der Waals surface area (Å²) in [7, 11) is 0. The van der Waals surface area contributed by atoms with Gasteiger partial charge in [-0.2, -0.15) is 13.2 Å². The van der Waals surface area contributed by atoms with Crippen LogP contribution in [0.4, 0.5) is 13.2 Å². The van der Waals surface area contributed by atoms with E-state index in [1.807, 2.05) is 0 Å². The molecular formula is C12H14F3NO2. The molecule has 0 atom stereocenters. The molecule has 1 N–H and O–H groups in total. The van der Waals surface area contributed by atoms with E-state index in [1.165, 1.54) is 6.20 Å². The van der Waals surface area contributed by atoms with Gasteiger partial charge < -0.3 is 9.67 Å². The third kappa shape index (κ3) is 2.37. The molecule has 0 amide bonds. The summed E-state index contributed by atoms with van der Waals surface area (Å²) in [5.41, 5.74) is -1.69. The van der Waals surface area contributed by atoms with E-state index < -0.39 is 23.4 Å². The maximum absolute atomic E-state index is 13.0. The van der Waals surface area contributed by atoms with Crippen molar-refractivity contribution < 1.29 is 23.1 Å². The molecule has 100 valence electrons. The minimum absolute atomic E-state index is 0.233. The first-order valence-electron chi connectivity index (χ1n) is 5.92. The van der Waals surface area contributed by atoms with E-state index in [0.717, 1.165) is 29.9 Å². The molecule has 1 heterocycles. The molecule has 1 fully saturated rings. The van der Waals surface area contributed by atoms with Crippen LogP contribution in [0.25, 0.3) is 0 Å². The van der Waals surface area contributed by atoms with E-state index in [2.05, 4.69) is 0 Å². The number of halogens is 3. The molecular weight excluding hydrogens is 247 g/mol. The maximum atomic E-state index is 13.0. The van der Waals surface area contributed by atoms with Crippen LogP contribution in [0.1, 0.15) is 54.2 Å². The number of aromatic nitrogens is 1. The normalized spacial score (nSPS) is 17.9. The Balaban J connectivity index is 2.44. The third-order valence-electron chi connectivity index (χ3n) is 3.38. The monoisotopic (exact) mass is 261 g/mol. The number of nitrogens with zero attached hydrogens (tertiary/aromatic N) is 1. The molecule has 0 radical (unpaired) electrons. The predicted octanol–water partition coefficient (Wildman–Crippen LogP) is 3.71. The Labute approximate surface area is 102 Å². The highest BCUT2D eigenvalue weighted by molar-refractivity contribution is 5.89. The van der Waals surface area contributed by atoms with Crippen molar-refractivity contribution in [2.45, 2.75) is 44.3 Å². The molecule has 0 spiro atoms. The van der Waals surface area contributed by atoms with Gasteiger partial charge in [-0.3, -0.25) is 0 Å². The molecule has 1 aliphatic rings. The summed E-state index contributed by atoms with van der Waals surface area (Å²) in [4.78, 5) is 10.9. The van der Waals surface area contributed by atoms with Gasteiger partial charge in [0.05, 0.1) is 5.56 Å². The summed E-state index contributed by atoms with van der Waals surface area (Å²) >= 11 is 0. The lowest BCUT2D eigenvalue weighted by atomic mass is 9.95. The second-order valence-electron chi connectivity index (χ2n) is 4.58. The van der Waals surface area contributed by atoms with Crippen LogP contribution in [0, 0.1) is 0 Å². The van der Waals surface area contributed by atoms with Gasteiger partial charge in [0.15, 0.2) is 0 Å². The number of carbonyl (C=O) groups is 1. The smallest absolute Gasteiger partial charge is 0.432 e. The quantitative estimate of drug-likeness (QED) is 0.881. The lowest BCUT2D eigenvalue weighted by Gasteiger charge is -2.26. The number of aromatic carboxylic acids is 1. The van der Waals surface area contributed by atoms with Crippen molar-refractivity contribution >= 4 is 5.97 Å². The van der Waals surface area contributed by atoms with Crippen LogP contribution >= 0.6 is 0 Å². The molecule has 1 aliphatic carbocycles. The summed E-state index contributed by atoms with van der Waals surface area (Å²) in [5.74, 6) is -1.53. The van der Waals surface area contributed by atoms with Crippen molar-refractivity contribution in [2.24, 2.45) is 0 Å². The van der Waals surface area contributed by atoms with Crippen LogP contribution in [0.2, 0.25) is 0 Å². The highest BCUT2D eigenvalue weighted by atomic mass is 19.4. The van der Waals surface area contributed by atoms with Gasteiger partial charge in [0, 0.05) is 12.2 Å².